The SMILES string of the molecule is CC1=C[CH]([Zr]([CH3])([CH3])(=[SiH2])[C]2=CC=C(C(C)(C)C)C2)c2ccccc21.Cl.Cl. The molecule has 0 aromatic heterocycles. The molecule has 0 fully saturated rings. The summed E-state index contributed by atoms with van der Waals surface area (Å²) >= 11 is -3.02. The third kappa shape index (κ3) is 4.03. The van der Waals surface area contributed by atoms with Gasteiger partial charge in [0, 0.05) is 0 Å². The van der Waals surface area contributed by atoms with Gasteiger partial charge in [0.1, 0.15) is 0 Å². The first-order valence-corrected chi connectivity index (χ1v) is 22.2. The van der Waals surface area contributed by atoms with E-state index in [9.17, 15) is 0 Å². The number of hydrogen-bond donors (Lipinski definition) is 0. The molecule has 0 saturated heterocycles. The van der Waals surface area contributed by atoms with Crippen molar-refractivity contribution in [1.29, 1.82) is 0 Å². The van der Waals surface area contributed by atoms with Crippen LogP contribution in [0.2, 0.25) is 9.26 Å². The van der Waals surface area contributed by atoms with E-state index in [0.29, 0.717) is 9.04 Å². The van der Waals surface area contributed by atoms with Crippen molar-refractivity contribution in [2.24, 2.45) is 5.41 Å². The molecule has 0 spiro atoms. The van der Waals surface area contributed by atoms with E-state index in [2.05, 4.69) is 86.3 Å². The zero-order valence-electron chi connectivity index (χ0n) is 16.3. The molecule has 2 aliphatic carbocycles. The van der Waals surface area contributed by atoms with Crippen molar-refractivity contribution in [3.63, 3.8) is 0 Å². The normalized spacial score (nSPS) is 20.0. The van der Waals surface area contributed by atoms with Gasteiger partial charge in [-0.25, -0.2) is 0 Å². The predicted molar refractivity (Wildman–Crippen MR) is 118 cm³/mol. The van der Waals surface area contributed by atoms with Gasteiger partial charge in [0.05, 0.1) is 0 Å². The Balaban J connectivity index is 0.00000156. The molecule has 2 aliphatic rings. The average molecular weight is 475 g/mol. The fourth-order valence-corrected chi connectivity index (χ4v) is 17.0. The van der Waals surface area contributed by atoms with Crippen LogP contribution in [0.4, 0.5) is 0 Å². The minimum Gasteiger partial charge on any atom is -0.147 e. The molecule has 1 aromatic rings. The van der Waals surface area contributed by atoms with Crippen molar-refractivity contribution >= 4 is 37.3 Å². The van der Waals surface area contributed by atoms with Gasteiger partial charge in [-0.2, -0.15) is 0 Å². The first kappa shape index (κ1) is 23.2. The van der Waals surface area contributed by atoms with E-state index in [0.717, 1.165) is 0 Å². The smallest absolute Gasteiger partial charge is 0.147 e. The maximum Gasteiger partial charge on any atom is -0.147 e. The van der Waals surface area contributed by atoms with Gasteiger partial charge in [-0.05, 0) is 0 Å². The summed E-state index contributed by atoms with van der Waals surface area (Å²) in [6, 6.07) is 9.07. The molecule has 0 radical (unpaired) electrons. The van der Waals surface area contributed by atoms with Gasteiger partial charge >= 0.3 is 145 Å². The second-order valence-corrected chi connectivity index (χ2v) is 39.3. The van der Waals surface area contributed by atoms with Crippen molar-refractivity contribution in [1.82, 2.24) is 0 Å². The van der Waals surface area contributed by atoms with Crippen LogP contribution in [0, 0.1) is 5.41 Å². The van der Waals surface area contributed by atoms with Crippen LogP contribution < -0.4 is 0 Å². The molecule has 0 amide bonds. The standard InChI is InChI=1S/C10H9.C9H13.2CH3.2ClH.H2Si.Zr/c1-8-6-7-9-4-2-3-5-10(8)9;1-9(2,3)8-6-4-5-7-8;;;;;;/h2-7H,1H3;4,6H,7H2,1-3H3;2*1H3;2*1H;1H2;. The largest absolute Gasteiger partial charge is 0.147 e. The maximum atomic E-state index is 2.65. The van der Waals surface area contributed by atoms with Gasteiger partial charge in [-0.3, -0.25) is 0 Å². The minimum absolute atomic E-state index is 0. The molecule has 3 rings (SSSR count). The van der Waals surface area contributed by atoms with Crippen LogP contribution in [0.25, 0.3) is 5.57 Å². The fourth-order valence-electron chi connectivity index (χ4n) is 4.13. The number of fused-ring (bicyclic) bond motifs is 1. The van der Waals surface area contributed by atoms with Crippen LogP contribution in [0.15, 0.2) is 51.3 Å². The van der Waals surface area contributed by atoms with Crippen LogP contribution in [0.5, 0.6) is 0 Å². The number of hydrogen-bond acceptors (Lipinski definition) is 0. The van der Waals surface area contributed by atoms with Crippen LogP contribution in [0.1, 0.15) is 48.9 Å². The number of halogens is 2. The molecule has 0 nitrogen and oxygen atoms in total. The van der Waals surface area contributed by atoms with Crippen LogP contribution in [0.3, 0.4) is 0 Å². The van der Waals surface area contributed by atoms with Crippen LogP contribution >= 0.6 is 24.8 Å². The molecule has 0 saturated carbocycles. The van der Waals surface area contributed by atoms with Crippen molar-refractivity contribution in [3.8, 4) is 0 Å². The Hall–Kier alpha value is 0.120. The van der Waals surface area contributed by atoms with Gasteiger partial charge in [0.2, 0.25) is 0 Å². The summed E-state index contributed by atoms with van der Waals surface area (Å²) in [5.41, 5.74) is 6.44. The predicted octanol–water partition coefficient (Wildman–Crippen LogP) is 6.58. The molecule has 1 aromatic carbocycles. The Labute approximate surface area is 168 Å². The van der Waals surface area contributed by atoms with Gasteiger partial charge in [0.25, 0.3) is 0 Å². The Kier molecular flexibility index (Phi) is 6.73. The van der Waals surface area contributed by atoms with Crippen molar-refractivity contribution in [3.05, 3.63) is 62.5 Å². The number of allylic oxidation sites excluding steroid dienone is 6. The van der Waals surface area contributed by atoms with Crippen molar-refractivity contribution in [2.45, 2.75) is 47.0 Å². The van der Waals surface area contributed by atoms with Crippen molar-refractivity contribution < 1.29 is 17.4 Å². The summed E-state index contributed by atoms with van der Waals surface area (Å²) in [7, 11) is 0. The first-order chi connectivity index (χ1) is 10.5. The monoisotopic (exact) mass is 472 g/mol. The summed E-state index contributed by atoms with van der Waals surface area (Å²) in [5.74, 6) is 0. The second kappa shape index (κ2) is 7.27. The molecule has 0 aliphatic heterocycles. The summed E-state index contributed by atoms with van der Waals surface area (Å²) in [5, 5.41) is 0. The van der Waals surface area contributed by atoms with E-state index in [1.54, 1.807) is 14.4 Å². The Morgan fingerprint density at radius 2 is 1.64 bits per heavy atom. The zero-order valence-corrected chi connectivity index (χ0v) is 21.9. The van der Waals surface area contributed by atoms with E-state index >= 15 is 0 Å². The Bertz CT molecular complexity index is 832. The number of benzene rings is 1. The van der Waals surface area contributed by atoms with E-state index in [4.69, 9.17) is 0 Å². The molecule has 4 heteroatoms. The molecule has 0 heterocycles. The van der Waals surface area contributed by atoms with E-state index < -0.39 is 17.4 Å². The summed E-state index contributed by atoms with van der Waals surface area (Å²) in [6.07, 6.45) is 8.69. The quantitative estimate of drug-likeness (QED) is 0.425. The van der Waals surface area contributed by atoms with Gasteiger partial charge in [-0.1, -0.05) is 0 Å². The summed E-state index contributed by atoms with van der Waals surface area (Å²) in [4.78, 5) is 0. The Morgan fingerprint density at radius 3 is 2.20 bits per heavy atom. The molecule has 138 valence electrons. The third-order valence-corrected chi connectivity index (χ3v) is 23.4. The van der Waals surface area contributed by atoms with E-state index in [1.165, 1.54) is 17.6 Å². The molecule has 0 N–H and O–H groups in total. The van der Waals surface area contributed by atoms with Gasteiger partial charge in [-0.15, -0.1) is 24.8 Å². The maximum absolute atomic E-state index is 3.02. The van der Waals surface area contributed by atoms with Gasteiger partial charge < -0.3 is 0 Å². The first-order valence-electron chi connectivity index (χ1n) is 8.75. The molecule has 25 heavy (non-hydrogen) atoms. The third-order valence-electron chi connectivity index (χ3n) is 6.02. The topological polar surface area (TPSA) is 0 Å². The number of rotatable bonds is 2. The van der Waals surface area contributed by atoms with Gasteiger partial charge in [0.15, 0.2) is 0 Å². The molecule has 0 bridgehead atoms. The minimum atomic E-state index is -3.02. The fraction of sp³-hybridized carbons (Fsp3) is 0.429. The van der Waals surface area contributed by atoms with Crippen LogP contribution in [-0.4, -0.2) is 6.88 Å². The van der Waals surface area contributed by atoms with E-state index in [-0.39, 0.29) is 24.8 Å². The van der Waals surface area contributed by atoms with Crippen molar-refractivity contribution in [2.75, 3.05) is 0 Å². The van der Waals surface area contributed by atoms with E-state index in [1.807, 2.05) is 0 Å². The van der Waals surface area contributed by atoms with Crippen LogP contribution in [-0.2, 0) is 17.4 Å². The summed E-state index contributed by atoms with van der Waals surface area (Å²) < 4.78 is 7.74. The molecular weight excluding hydrogens is 442 g/mol. The average Bonchev–Trinajstić information content (AvgIpc) is 3.05. The zero-order chi connectivity index (χ0) is 17.1. The Morgan fingerprint density at radius 1 is 1.04 bits per heavy atom. The molecule has 1 unspecified atom stereocenters. The molecular formula is C21H32Cl2SiZr. The second-order valence-electron chi connectivity index (χ2n) is 9.53. The summed E-state index contributed by atoms with van der Waals surface area (Å²) in [6.45, 7) is 11.7. The molecule has 1 atom stereocenters.